The van der Waals surface area contributed by atoms with E-state index < -0.39 is 0 Å². The van der Waals surface area contributed by atoms with Gasteiger partial charge in [-0.05, 0) is 0 Å². The highest BCUT2D eigenvalue weighted by Crippen LogP contribution is 2.14. The zero-order valence-electron chi connectivity index (χ0n) is 9.10. The third-order valence-electron chi connectivity index (χ3n) is 2.18. The van der Waals surface area contributed by atoms with E-state index >= 15 is 0 Å². The van der Waals surface area contributed by atoms with Crippen LogP contribution in [0.5, 0.6) is 0 Å². The van der Waals surface area contributed by atoms with Gasteiger partial charge in [-0.3, -0.25) is 0 Å². The van der Waals surface area contributed by atoms with Crippen LogP contribution in [0.3, 0.4) is 0 Å². The molecule has 0 unspecified atom stereocenters. The molecule has 2 aromatic heterocycles. The Bertz CT molecular complexity index is 454. The van der Waals surface area contributed by atoms with Crippen molar-refractivity contribution in [2.75, 3.05) is 26.1 Å². The second-order valence-corrected chi connectivity index (χ2v) is 3.11. The van der Waals surface area contributed by atoms with Crippen LogP contribution >= 0.6 is 0 Å². The molecule has 7 heteroatoms. The third kappa shape index (κ3) is 2.10. The molecular weight excluding hydrogens is 210 g/mol. The van der Waals surface area contributed by atoms with Crippen molar-refractivity contribution in [2.45, 2.75) is 6.29 Å². The molecule has 86 valence electrons. The Morgan fingerprint density at radius 1 is 1.31 bits per heavy atom. The zero-order valence-corrected chi connectivity index (χ0v) is 9.10. The van der Waals surface area contributed by atoms with E-state index in [1.807, 2.05) is 0 Å². The van der Waals surface area contributed by atoms with Gasteiger partial charge in [0.05, 0.1) is 12.9 Å². The summed E-state index contributed by atoms with van der Waals surface area (Å²) >= 11 is 0. The van der Waals surface area contributed by atoms with Crippen LogP contribution in [-0.2, 0) is 9.47 Å². The average molecular weight is 223 g/mol. The first kappa shape index (κ1) is 10.8. The van der Waals surface area contributed by atoms with Gasteiger partial charge in [-0.25, -0.2) is 15.0 Å². The highest BCUT2D eigenvalue weighted by molar-refractivity contribution is 5.81. The molecule has 2 aromatic rings. The Hall–Kier alpha value is -1.73. The molecule has 0 aliphatic heterocycles. The van der Waals surface area contributed by atoms with Crippen LogP contribution in [-0.4, -0.2) is 47.0 Å². The van der Waals surface area contributed by atoms with E-state index in [2.05, 4.69) is 25.3 Å². The third-order valence-corrected chi connectivity index (χ3v) is 2.18. The Balaban J connectivity index is 2.11. The van der Waals surface area contributed by atoms with Gasteiger partial charge in [0.2, 0.25) is 0 Å². The van der Waals surface area contributed by atoms with E-state index in [0.717, 1.165) is 5.52 Å². The van der Waals surface area contributed by atoms with Crippen LogP contribution in [0, 0.1) is 0 Å². The predicted molar refractivity (Wildman–Crippen MR) is 58.0 cm³/mol. The number of rotatable bonds is 5. The number of hydrogen-bond donors (Lipinski definition) is 2. The Morgan fingerprint density at radius 3 is 2.88 bits per heavy atom. The number of hydrogen-bond acceptors (Lipinski definition) is 6. The second kappa shape index (κ2) is 4.86. The zero-order chi connectivity index (χ0) is 11.4. The average Bonchev–Trinajstić information content (AvgIpc) is 2.79. The molecule has 2 heterocycles. The predicted octanol–water partition coefficient (Wildman–Crippen LogP) is 0.384. The van der Waals surface area contributed by atoms with Crippen LogP contribution in [0.15, 0.2) is 12.7 Å². The lowest BCUT2D eigenvalue weighted by Gasteiger charge is -2.14. The van der Waals surface area contributed by atoms with Crippen LogP contribution in [0.25, 0.3) is 11.2 Å². The summed E-state index contributed by atoms with van der Waals surface area (Å²) in [6.07, 6.45) is 2.72. The highest BCUT2D eigenvalue weighted by atomic mass is 16.7. The van der Waals surface area contributed by atoms with Gasteiger partial charge in [0.1, 0.15) is 11.8 Å². The molecule has 0 atom stereocenters. The topological polar surface area (TPSA) is 85.0 Å². The molecule has 0 aliphatic carbocycles. The number of imidazole rings is 1. The van der Waals surface area contributed by atoms with Crippen LogP contribution in [0.1, 0.15) is 0 Å². The Morgan fingerprint density at radius 2 is 2.12 bits per heavy atom. The van der Waals surface area contributed by atoms with E-state index in [1.165, 1.54) is 6.33 Å². The Labute approximate surface area is 92.2 Å². The number of nitrogens with one attached hydrogen (secondary N) is 2. The Kier molecular flexibility index (Phi) is 3.28. The van der Waals surface area contributed by atoms with Gasteiger partial charge in [-0.15, -0.1) is 0 Å². The van der Waals surface area contributed by atoms with Gasteiger partial charge in [0.25, 0.3) is 0 Å². The fourth-order valence-corrected chi connectivity index (χ4v) is 1.34. The van der Waals surface area contributed by atoms with Gasteiger partial charge < -0.3 is 19.8 Å². The maximum absolute atomic E-state index is 5.06. The lowest BCUT2D eigenvalue weighted by atomic mass is 10.4. The summed E-state index contributed by atoms with van der Waals surface area (Å²) in [4.78, 5) is 15.1. The maximum atomic E-state index is 5.06. The molecule has 2 rings (SSSR count). The lowest BCUT2D eigenvalue weighted by molar-refractivity contribution is -0.0914. The molecule has 0 aliphatic rings. The summed E-state index contributed by atoms with van der Waals surface area (Å²) in [5.41, 5.74) is 1.40. The second-order valence-electron chi connectivity index (χ2n) is 3.11. The highest BCUT2D eigenvalue weighted by Gasteiger charge is 2.08. The number of aromatic amines is 1. The SMILES string of the molecule is COC(CNc1ncnc2nc[nH]c12)OC. The molecule has 0 aromatic carbocycles. The molecule has 7 nitrogen and oxygen atoms in total. The smallest absolute Gasteiger partial charge is 0.182 e. The molecule has 2 N–H and O–H groups in total. The fourth-order valence-electron chi connectivity index (χ4n) is 1.34. The van der Waals surface area contributed by atoms with Gasteiger partial charge in [0, 0.05) is 14.2 Å². The van der Waals surface area contributed by atoms with Crippen molar-refractivity contribution in [1.29, 1.82) is 0 Å². The quantitative estimate of drug-likeness (QED) is 0.713. The van der Waals surface area contributed by atoms with Crippen LogP contribution < -0.4 is 5.32 Å². The molecule has 0 radical (unpaired) electrons. The largest absolute Gasteiger partial charge is 0.363 e. The number of H-pyrrole nitrogens is 1. The van der Waals surface area contributed by atoms with Crippen LogP contribution in [0.2, 0.25) is 0 Å². The van der Waals surface area contributed by atoms with Crippen LogP contribution in [0.4, 0.5) is 5.82 Å². The van der Waals surface area contributed by atoms with Crippen molar-refractivity contribution in [2.24, 2.45) is 0 Å². The minimum Gasteiger partial charge on any atom is -0.363 e. The number of nitrogens with zero attached hydrogens (tertiary/aromatic N) is 3. The molecule has 16 heavy (non-hydrogen) atoms. The van der Waals surface area contributed by atoms with E-state index in [0.29, 0.717) is 18.0 Å². The van der Waals surface area contributed by atoms with E-state index in [4.69, 9.17) is 9.47 Å². The van der Waals surface area contributed by atoms with Gasteiger partial charge in [-0.1, -0.05) is 0 Å². The molecule has 0 fully saturated rings. The summed E-state index contributed by atoms with van der Waals surface area (Å²) in [5.74, 6) is 0.682. The van der Waals surface area contributed by atoms with Crippen molar-refractivity contribution < 1.29 is 9.47 Å². The minimum absolute atomic E-state index is 0.312. The van der Waals surface area contributed by atoms with Crippen molar-refractivity contribution in [3.63, 3.8) is 0 Å². The molecule has 0 bridgehead atoms. The first-order valence-electron chi connectivity index (χ1n) is 4.78. The van der Waals surface area contributed by atoms with E-state index in [-0.39, 0.29) is 6.29 Å². The summed E-state index contributed by atoms with van der Waals surface area (Å²) in [6, 6.07) is 0. The van der Waals surface area contributed by atoms with Gasteiger partial charge in [-0.2, -0.15) is 0 Å². The normalized spacial score (nSPS) is 11.2. The summed E-state index contributed by atoms with van der Waals surface area (Å²) < 4.78 is 10.1. The monoisotopic (exact) mass is 223 g/mol. The number of aromatic nitrogens is 4. The van der Waals surface area contributed by atoms with E-state index in [1.54, 1.807) is 20.5 Å². The molecule has 0 saturated heterocycles. The standard InChI is InChI=1S/C9H13N5O2/c1-15-6(16-2)3-10-8-7-9(12-4-11-7)14-5-13-8/h4-6H,3H2,1-2H3,(H2,10,11,12,13,14). The summed E-state index contributed by atoms with van der Waals surface area (Å²) in [5, 5.41) is 3.10. The fraction of sp³-hybridized carbons (Fsp3) is 0.444. The molecular formula is C9H13N5O2. The molecule has 0 spiro atoms. The molecule has 0 amide bonds. The number of anilines is 1. The van der Waals surface area contributed by atoms with Crippen molar-refractivity contribution in [3.8, 4) is 0 Å². The maximum Gasteiger partial charge on any atom is 0.182 e. The van der Waals surface area contributed by atoms with Crippen molar-refractivity contribution in [1.82, 2.24) is 19.9 Å². The summed E-state index contributed by atoms with van der Waals surface area (Å²) in [6.45, 7) is 0.498. The lowest BCUT2D eigenvalue weighted by Crippen LogP contribution is -2.24. The van der Waals surface area contributed by atoms with Crippen molar-refractivity contribution in [3.05, 3.63) is 12.7 Å². The molecule has 0 saturated carbocycles. The van der Waals surface area contributed by atoms with Crippen molar-refractivity contribution >= 4 is 17.0 Å². The number of ether oxygens (including phenoxy) is 2. The van der Waals surface area contributed by atoms with Gasteiger partial charge >= 0.3 is 0 Å². The first-order chi connectivity index (χ1) is 7.85. The first-order valence-corrected chi connectivity index (χ1v) is 4.78. The number of methoxy groups -OCH3 is 2. The minimum atomic E-state index is -0.312. The van der Waals surface area contributed by atoms with E-state index in [9.17, 15) is 0 Å². The summed E-state index contributed by atoms with van der Waals surface area (Å²) in [7, 11) is 3.17. The van der Waals surface area contributed by atoms with Gasteiger partial charge in [0.15, 0.2) is 17.8 Å². The number of fused-ring (bicyclic) bond motifs is 1.